The van der Waals surface area contributed by atoms with E-state index in [9.17, 15) is 0 Å². The largest absolute Gasteiger partial charge is 0.330 e. The number of nitrogens with two attached hydrogens (primary N) is 1. The lowest BCUT2D eigenvalue weighted by Crippen LogP contribution is -2.53. The average Bonchev–Trinajstić information content (AvgIpc) is 2.06. The lowest BCUT2D eigenvalue weighted by Gasteiger charge is -2.41. The number of nitrogens with zero attached hydrogens (tertiary/aromatic N) is 1. The Hall–Kier alpha value is -0.120. The molecular formula is C9H21N3. The summed E-state index contributed by atoms with van der Waals surface area (Å²) in [5, 5.41) is 3.36. The lowest BCUT2D eigenvalue weighted by atomic mass is 9.97. The minimum absolute atomic E-state index is 0.289. The highest BCUT2D eigenvalue weighted by atomic mass is 15.2. The van der Waals surface area contributed by atoms with Crippen LogP contribution in [0.5, 0.6) is 0 Å². The Bertz CT molecular complexity index is 128. The molecule has 0 aromatic rings. The maximum atomic E-state index is 5.58. The first-order valence-electron chi connectivity index (χ1n) is 4.82. The third-order valence-corrected chi connectivity index (χ3v) is 2.73. The zero-order chi connectivity index (χ0) is 9.03. The molecule has 1 heterocycles. The van der Waals surface area contributed by atoms with Gasteiger partial charge in [-0.1, -0.05) is 0 Å². The lowest BCUT2D eigenvalue weighted by molar-refractivity contribution is 0.0978. The smallest absolute Gasteiger partial charge is 0.0166 e. The van der Waals surface area contributed by atoms with Crippen LogP contribution in [0.1, 0.15) is 20.3 Å². The van der Waals surface area contributed by atoms with Crippen LogP contribution in [0.15, 0.2) is 0 Å². The van der Waals surface area contributed by atoms with E-state index >= 15 is 0 Å². The van der Waals surface area contributed by atoms with Gasteiger partial charge in [-0.05, 0) is 26.8 Å². The Morgan fingerprint density at radius 1 is 1.33 bits per heavy atom. The molecular weight excluding hydrogens is 150 g/mol. The summed E-state index contributed by atoms with van der Waals surface area (Å²) in [7, 11) is 0. The number of hydrogen-bond donors (Lipinski definition) is 2. The molecule has 0 spiro atoms. The molecule has 0 unspecified atom stereocenters. The molecule has 0 aromatic heterocycles. The van der Waals surface area contributed by atoms with Crippen LogP contribution < -0.4 is 11.1 Å². The van der Waals surface area contributed by atoms with Crippen LogP contribution in [0.3, 0.4) is 0 Å². The van der Waals surface area contributed by atoms with Crippen LogP contribution in [-0.2, 0) is 0 Å². The zero-order valence-electron chi connectivity index (χ0n) is 8.27. The second kappa shape index (κ2) is 4.21. The molecule has 1 fully saturated rings. The van der Waals surface area contributed by atoms with Gasteiger partial charge in [0.05, 0.1) is 0 Å². The third kappa shape index (κ3) is 2.44. The fourth-order valence-electron chi connectivity index (χ4n) is 1.78. The van der Waals surface area contributed by atoms with E-state index in [4.69, 9.17) is 5.73 Å². The average molecular weight is 171 g/mol. The highest BCUT2D eigenvalue weighted by Gasteiger charge is 2.26. The predicted octanol–water partition coefficient (Wildman–Crippen LogP) is 0.0190. The number of nitrogens with one attached hydrogen (secondary N) is 1. The van der Waals surface area contributed by atoms with Crippen molar-refractivity contribution >= 4 is 0 Å². The van der Waals surface area contributed by atoms with E-state index in [0.29, 0.717) is 0 Å². The minimum Gasteiger partial charge on any atom is -0.330 e. The quantitative estimate of drug-likeness (QED) is 0.629. The van der Waals surface area contributed by atoms with E-state index in [0.717, 1.165) is 39.1 Å². The van der Waals surface area contributed by atoms with Crippen LogP contribution in [0, 0.1) is 0 Å². The molecule has 72 valence electrons. The molecule has 0 atom stereocenters. The van der Waals surface area contributed by atoms with Gasteiger partial charge in [-0.2, -0.15) is 0 Å². The summed E-state index contributed by atoms with van der Waals surface area (Å²) < 4.78 is 0. The normalized spacial score (nSPS) is 21.2. The predicted molar refractivity (Wildman–Crippen MR) is 52.2 cm³/mol. The van der Waals surface area contributed by atoms with Gasteiger partial charge in [-0.25, -0.2) is 0 Å². The molecule has 1 aliphatic heterocycles. The number of piperazine rings is 1. The van der Waals surface area contributed by atoms with Gasteiger partial charge in [0.1, 0.15) is 0 Å². The van der Waals surface area contributed by atoms with Gasteiger partial charge >= 0.3 is 0 Å². The molecule has 3 heteroatoms. The fraction of sp³-hybridized carbons (Fsp3) is 1.00. The summed E-state index contributed by atoms with van der Waals surface area (Å²) in [6.45, 7) is 9.91. The summed E-state index contributed by atoms with van der Waals surface area (Å²) in [6.07, 6.45) is 1.09. The molecule has 0 saturated carbocycles. The summed E-state index contributed by atoms with van der Waals surface area (Å²) in [4.78, 5) is 2.52. The van der Waals surface area contributed by atoms with Crippen LogP contribution in [0.25, 0.3) is 0 Å². The van der Waals surface area contributed by atoms with Gasteiger partial charge in [0, 0.05) is 31.7 Å². The Balaban J connectivity index is 2.41. The van der Waals surface area contributed by atoms with Gasteiger partial charge in [-0.15, -0.1) is 0 Å². The van der Waals surface area contributed by atoms with Crippen molar-refractivity contribution < 1.29 is 0 Å². The first-order valence-corrected chi connectivity index (χ1v) is 4.82. The van der Waals surface area contributed by atoms with Crippen molar-refractivity contribution in [3.63, 3.8) is 0 Å². The third-order valence-electron chi connectivity index (χ3n) is 2.73. The second-order valence-electron chi connectivity index (χ2n) is 4.09. The summed E-state index contributed by atoms with van der Waals surface area (Å²) >= 11 is 0. The van der Waals surface area contributed by atoms with Crippen LogP contribution in [0.2, 0.25) is 0 Å². The van der Waals surface area contributed by atoms with Gasteiger partial charge < -0.3 is 11.1 Å². The monoisotopic (exact) mass is 171 g/mol. The number of hydrogen-bond acceptors (Lipinski definition) is 3. The van der Waals surface area contributed by atoms with E-state index in [2.05, 4.69) is 24.1 Å². The first kappa shape index (κ1) is 9.96. The van der Waals surface area contributed by atoms with Crippen molar-refractivity contribution in [1.29, 1.82) is 0 Å². The SMILES string of the molecule is CC(C)(CCN)N1CCNCC1. The fourth-order valence-corrected chi connectivity index (χ4v) is 1.78. The van der Waals surface area contributed by atoms with Gasteiger partial charge in [0.2, 0.25) is 0 Å². The van der Waals surface area contributed by atoms with E-state index in [1.807, 2.05) is 0 Å². The molecule has 0 amide bonds. The molecule has 3 nitrogen and oxygen atoms in total. The van der Waals surface area contributed by atoms with Crippen molar-refractivity contribution in [3.05, 3.63) is 0 Å². The molecule has 1 aliphatic rings. The van der Waals surface area contributed by atoms with Gasteiger partial charge in [-0.3, -0.25) is 4.90 Å². The van der Waals surface area contributed by atoms with Gasteiger partial charge in [0.15, 0.2) is 0 Å². The van der Waals surface area contributed by atoms with Crippen molar-refractivity contribution in [2.45, 2.75) is 25.8 Å². The van der Waals surface area contributed by atoms with Crippen molar-refractivity contribution in [3.8, 4) is 0 Å². The van der Waals surface area contributed by atoms with E-state index < -0.39 is 0 Å². The molecule has 1 rings (SSSR count). The van der Waals surface area contributed by atoms with Crippen molar-refractivity contribution in [1.82, 2.24) is 10.2 Å². The Labute approximate surface area is 75.3 Å². The van der Waals surface area contributed by atoms with E-state index in [1.165, 1.54) is 0 Å². The Morgan fingerprint density at radius 2 is 1.92 bits per heavy atom. The van der Waals surface area contributed by atoms with Crippen LogP contribution in [0.4, 0.5) is 0 Å². The summed E-state index contributed by atoms with van der Waals surface area (Å²) in [5.41, 5.74) is 5.87. The minimum atomic E-state index is 0.289. The van der Waals surface area contributed by atoms with E-state index in [1.54, 1.807) is 0 Å². The topological polar surface area (TPSA) is 41.3 Å². The molecule has 0 aliphatic carbocycles. The first-order chi connectivity index (χ1) is 5.67. The number of rotatable bonds is 3. The summed E-state index contributed by atoms with van der Waals surface area (Å²) in [6, 6.07) is 0. The standard InChI is InChI=1S/C9H21N3/c1-9(2,3-4-10)12-7-5-11-6-8-12/h11H,3-8,10H2,1-2H3. The Kier molecular flexibility index (Phi) is 3.50. The van der Waals surface area contributed by atoms with Crippen LogP contribution in [-0.4, -0.2) is 43.2 Å². The molecule has 0 radical (unpaired) electrons. The molecule has 0 bridgehead atoms. The van der Waals surface area contributed by atoms with Gasteiger partial charge in [0.25, 0.3) is 0 Å². The highest BCUT2D eigenvalue weighted by Crippen LogP contribution is 2.17. The molecule has 3 N–H and O–H groups in total. The maximum absolute atomic E-state index is 5.58. The summed E-state index contributed by atoms with van der Waals surface area (Å²) in [5.74, 6) is 0. The van der Waals surface area contributed by atoms with Crippen molar-refractivity contribution in [2.75, 3.05) is 32.7 Å². The highest BCUT2D eigenvalue weighted by molar-refractivity contribution is 4.84. The molecule has 1 saturated heterocycles. The van der Waals surface area contributed by atoms with Crippen LogP contribution >= 0.6 is 0 Å². The molecule has 0 aromatic carbocycles. The van der Waals surface area contributed by atoms with Crippen molar-refractivity contribution in [2.24, 2.45) is 5.73 Å². The zero-order valence-corrected chi connectivity index (χ0v) is 8.27. The Morgan fingerprint density at radius 3 is 2.42 bits per heavy atom. The van der Waals surface area contributed by atoms with E-state index in [-0.39, 0.29) is 5.54 Å². The molecule has 12 heavy (non-hydrogen) atoms. The maximum Gasteiger partial charge on any atom is 0.0166 e. The second-order valence-corrected chi connectivity index (χ2v) is 4.09.